The maximum absolute atomic E-state index is 12.7. The van der Waals surface area contributed by atoms with Crippen molar-refractivity contribution in [2.75, 3.05) is 0 Å². The molecule has 0 amide bonds. The number of thiazole rings is 1. The zero-order valence-corrected chi connectivity index (χ0v) is 18.0. The fourth-order valence-electron chi connectivity index (χ4n) is 3.24. The molecule has 0 radical (unpaired) electrons. The highest BCUT2D eigenvalue weighted by Crippen LogP contribution is 2.30. The fraction of sp³-hybridized carbons (Fsp3) is 0.217. The van der Waals surface area contributed by atoms with Gasteiger partial charge in [0.2, 0.25) is 0 Å². The lowest BCUT2D eigenvalue weighted by Gasteiger charge is -2.07. The van der Waals surface area contributed by atoms with Gasteiger partial charge in [-0.3, -0.25) is 4.79 Å². The summed E-state index contributed by atoms with van der Waals surface area (Å²) in [4.78, 5) is 17.8. The molecule has 0 saturated heterocycles. The normalized spacial score (nSPS) is 11.6. The zero-order chi connectivity index (χ0) is 22.7. The van der Waals surface area contributed by atoms with Gasteiger partial charge in [0, 0.05) is 6.42 Å². The summed E-state index contributed by atoms with van der Waals surface area (Å²) >= 11 is 1.28. The van der Waals surface area contributed by atoms with E-state index in [1.807, 2.05) is 30.3 Å². The molecule has 164 valence electrons. The molecule has 2 aromatic heterocycles. The van der Waals surface area contributed by atoms with Crippen LogP contribution in [0, 0.1) is 6.92 Å². The number of aryl methyl sites for hydroxylation is 2. The van der Waals surface area contributed by atoms with Gasteiger partial charge in [-0.25, -0.2) is 9.67 Å². The number of halogens is 3. The molecule has 2 heterocycles. The number of hydrogen-bond donors (Lipinski definition) is 0. The standard InChI is InChI=1S/C23H19F3N4OS/c1-15-21(20(31)12-9-16-5-3-2-4-6-16)32-22(27-15)19-14-30(29-28-19)13-17-7-10-18(11-8-17)23(24,25)26/h2-8,10-11,14H,9,12-13H2,1H3. The summed E-state index contributed by atoms with van der Waals surface area (Å²) < 4.78 is 39.7. The van der Waals surface area contributed by atoms with Gasteiger partial charge in [0.15, 0.2) is 5.78 Å². The van der Waals surface area contributed by atoms with Crippen molar-refractivity contribution >= 4 is 17.1 Å². The van der Waals surface area contributed by atoms with Gasteiger partial charge in [-0.2, -0.15) is 13.2 Å². The Kier molecular flexibility index (Phi) is 6.18. The Labute approximate surface area is 186 Å². The minimum absolute atomic E-state index is 0.0345. The van der Waals surface area contributed by atoms with Crippen LogP contribution in [0.1, 0.15) is 38.5 Å². The molecule has 0 N–H and O–H groups in total. The first-order chi connectivity index (χ1) is 15.3. The second-order valence-corrected chi connectivity index (χ2v) is 8.34. The maximum atomic E-state index is 12.7. The molecule has 0 aliphatic heterocycles. The highest BCUT2D eigenvalue weighted by molar-refractivity contribution is 7.17. The number of hydrogen-bond acceptors (Lipinski definition) is 5. The smallest absolute Gasteiger partial charge is 0.293 e. The van der Waals surface area contributed by atoms with Crippen molar-refractivity contribution in [3.63, 3.8) is 0 Å². The van der Waals surface area contributed by atoms with E-state index >= 15 is 0 Å². The molecule has 0 atom stereocenters. The third-order valence-corrected chi connectivity index (χ3v) is 6.14. The first kappa shape index (κ1) is 21.9. The van der Waals surface area contributed by atoms with E-state index in [1.165, 1.54) is 28.2 Å². The minimum atomic E-state index is -4.36. The van der Waals surface area contributed by atoms with Crippen LogP contribution in [-0.2, 0) is 19.1 Å². The van der Waals surface area contributed by atoms with Gasteiger partial charge in [-0.05, 0) is 36.6 Å². The van der Waals surface area contributed by atoms with Crippen LogP contribution in [-0.4, -0.2) is 25.8 Å². The van der Waals surface area contributed by atoms with Gasteiger partial charge in [0.1, 0.15) is 10.7 Å². The molecule has 5 nitrogen and oxygen atoms in total. The summed E-state index contributed by atoms with van der Waals surface area (Å²) in [6.07, 6.45) is -1.63. The monoisotopic (exact) mass is 456 g/mol. The molecule has 0 bridgehead atoms. The summed E-state index contributed by atoms with van der Waals surface area (Å²) in [7, 11) is 0. The molecule has 32 heavy (non-hydrogen) atoms. The van der Waals surface area contributed by atoms with E-state index in [9.17, 15) is 18.0 Å². The Balaban J connectivity index is 1.43. The number of aromatic nitrogens is 4. The number of rotatable bonds is 7. The lowest BCUT2D eigenvalue weighted by atomic mass is 10.1. The molecule has 0 aliphatic carbocycles. The van der Waals surface area contributed by atoms with Crippen molar-refractivity contribution in [2.24, 2.45) is 0 Å². The molecule has 4 rings (SSSR count). The molecular formula is C23H19F3N4OS. The van der Waals surface area contributed by atoms with E-state index < -0.39 is 11.7 Å². The van der Waals surface area contributed by atoms with Crippen LogP contribution in [0.3, 0.4) is 0 Å². The van der Waals surface area contributed by atoms with Crippen molar-refractivity contribution in [3.8, 4) is 10.7 Å². The van der Waals surface area contributed by atoms with Crippen LogP contribution in [0.4, 0.5) is 13.2 Å². The summed E-state index contributed by atoms with van der Waals surface area (Å²) in [5, 5.41) is 8.75. The van der Waals surface area contributed by atoms with Crippen LogP contribution < -0.4 is 0 Å². The SMILES string of the molecule is Cc1nc(-c2cn(Cc3ccc(C(F)(F)F)cc3)nn2)sc1C(=O)CCc1ccccc1. The maximum Gasteiger partial charge on any atom is 0.416 e. The number of alkyl halides is 3. The first-order valence-electron chi connectivity index (χ1n) is 9.91. The van der Waals surface area contributed by atoms with E-state index in [2.05, 4.69) is 15.3 Å². The number of nitrogens with zero attached hydrogens (tertiary/aromatic N) is 4. The summed E-state index contributed by atoms with van der Waals surface area (Å²) in [6, 6.07) is 14.8. The third kappa shape index (κ3) is 5.11. The predicted octanol–water partition coefficient (Wildman–Crippen LogP) is 5.59. The Hall–Kier alpha value is -3.33. The van der Waals surface area contributed by atoms with E-state index in [-0.39, 0.29) is 12.3 Å². The second kappa shape index (κ2) is 9.04. The average Bonchev–Trinajstić information content (AvgIpc) is 3.39. The fourth-order valence-corrected chi connectivity index (χ4v) is 4.22. The molecule has 2 aromatic carbocycles. The molecule has 9 heteroatoms. The van der Waals surface area contributed by atoms with E-state index in [4.69, 9.17) is 0 Å². The minimum Gasteiger partial charge on any atom is -0.293 e. The average molecular weight is 456 g/mol. The number of ketones is 1. The summed E-state index contributed by atoms with van der Waals surface area (Å²) in [6.45, 7) is 2.07. The first-order valence-corrected chi connectivity index (χ1v) is 10.7. The number of carbonyl (C=O) groups is 1. The van der Waals surface area contributed by atoms with Crippen molar-refractivity contribution in [2.45, 2.75) is 32.5 Å². The highest BCUT2D eigenvalue weighted by Gasteiger charge is 2.29. The Morgan fingerprint density at radius 2 is 1.75 bits per heavy atom. The zero-order valence-electron chi connectivity index (χ0n) is 17.1. The van der Waals surface area contributed by atoms with Gasteiger partial charge in [-0.1, -0.05) is 47.7 Å². The Bertz CT molecular complexity index is 1210. The molecule has 4 aromatic rings. The van der Waals surface area contributed by atoms with Crippen molar-refractivity contribution < 1.29 is 18.0 Å². The lowest BCUT2D eigenvalue weighted by molar-refractivity contribution is -0.137. The van der Waals surface area contributed by atoms with E-state index in [0.29, 0.717) is 39.7 Å². The molecule has 0 aliphatic rings. The molecule has 0 spiro atoms. The van der Waals surface area contributed by atoms with Crippen molar-refractivity contribution in [1.29, 1.82) is 0 Å². The summed E-state index contributed by atoms with van der Waals surface area (Å²) in [5.41, 5.74) is 2.26. The van der Waals surface area contributed by atoms with Gasteiger partial charge in [0.25, 0.3) is 0 Å². The van der Waals surface area contributed by atoms with Crippen molar-refractivity contribution in [3.05, 3.63) is 88.1 Å². The van der Waals surface area contributed by atoms with Gasteiger partial charge >= 0.3 is 6.18 Å². The molecule has 0 saturated carbocycles. The Morgan fingerprint density at radius 1 is 1.03 bits per heavy atom. The van der Waals surface area contributed by atoms with Crippen molar-refractivity contribution in [1.82, 2.24) is 20.0 Å². The van der Waals surface area contributed by atoms with Crippen LogP contribution in [0.15, 0.2) is 60.8 Å². The largest absolute Gasteiger partial charge is 0.416 e. The van der Waals surface area contributed by atoms with Gasteiger partial charge in [0.05, 0.1) is 28.9 Å². The van der Waals surface area contributed by atoms with Gasteiger partial charge < -0.3 is 0 Å². The predicted molar refractivity (Wildman–Crippen MR) is 116 cm³/mol. The quantitative estimate of drug-likeness (QED) is 0.340. The molecule has 0 fully saturated rings. The Morgan fingerprint density at radius 3 is 2.44 bits per heavy atom. The number of carbonyl (C=O) groups excluding carboxylic acids is 1. The van der Waals surface area contributed by atoms with Crippen LogP contribution >= 0.6 is 11.3 Å². The van der Waals surface area contributed by atoms with Crippen LogP contribution in [0.2, 0.25) is 0 Å². The number of benzene rings is 2. The second-order valence-electron chi connectivity index (χ2n) is 7.34. The van der Waals surface area contributed by atoms with E-state index in [0.717, 1.165) is 17.7 Å². The van der Waals surface area contributed by atoms with Crippen LogP contribution in [0.25, 0.3) is 10.7 Å². The van der Waals surface area contributed by atoms with Crippen LogP contribution in [0.5, 0.6) is 0 Å². The molecule has 0 unspecified atom stereocenters. The number of Topliss-reactive ketones (excluding diaryl/α,β-unsaturated/α-hetero) is 1. The third-order valence-electron chi connectivity index (χ3n) is 4.92. The lowest BCUT2D eigenvalue weighted by Crippen LogP contribution is -2.05. The van der Waals surface area contributed by atoms with E-state index in [1.54, 1.807) is 13.1 Å². The van der Waals surface area contributed by atoms with Gasteiger partial charge in [-0.15, -0.1) is 16.4 Å². The molecular weight excluding hydrogens is 437 g/mol. The summed E-state index contributed by atoms with van der Waals surface area (Å²) in [5.74, 6) is 0.0345. The highest BCUT2D eigenvalue weighted by atomic mass is 32.1. The topological polar surface area (TPSA) is 60.7 Å².